The second-order valence-electron chi connectivity index (χ2n) is 3.60. The van der Waals surface area contributed by atoms with Gasteiger partial charge < -0.3 is 9.47 Å². The maximum absolute atomic E-state index is 5.61. The van der Waals surface area contributed by atoms with Crippen LogP contribution in [0.25, 0.3) is 6.08 Å². The highest BCUT2D eigenvalue weighted by Crippen LogP contribution is 2.25. The molecule has 0 aliphatic heterocycles. The lowest BCUT2D eigenvalue weighted by Crippen LogP contribution is -1.99. The molecular weight excluding hydrogens is 200 g/mol. The standard InChI is InChI=1S/C14H20O2/c1-4-9-15-13-7-8-14(16-10-5-2)12(6-3)11-13/h6-8,11H,3-5,9-10H2,1-2H3. The van der Waals surface area contributed by atoms with Gasteiger partial charge in [0.05, 0.1) is 13.2 Å². The van der Waals surface area contributed by atoms with Crippen molar-refractivity contribution in [3.05, 3.63) is 30.3 Å². The van der Waals surface area contributed by atoms with Gasteiger partial charge in [0.1, 0.15) is 11.5 Å². The highest BCUT2D eigenvalue weighted by Gasteiger charge is 2.02. The van der Waals surface area contributed by atoms with Crippen molar-refractivity contribution in [1.82, 2.24) is 0 Å². The summed E-state index contributed by atoms with van der Waals surface area (Å²) in [6.45, 7) is 9.44. The molecule has 0 bridgehead atoms. The zero-order valence-electron chi connectivity index (χ0n) is 10.2. The smallest absolute Gasteiger partial charge is 0.126 e. The number of ether oxygens (including phenoxy) is 2. The van der Waals surface area contributed by atoms with E-state index in [0.717, 1.165) is 43.1 Å². The first-order chi connectivity index (χ1) is 7.81. The molecule has 0 heterocycles. The van der Waals surface area contributed by atoms with Crippen LogP contribution in [0.4, 0.5) is 0 Å². The van der Waals surface area contributed by atoms with Crippen LogP contribution < -0.4 is 9.47 Å². The third kappa shape index (κ3) is 3.61. The molecule has 0 spiro atoms. The lowest BCUT2D eigenvalue weighted by Gasteiger charge is -2.10. The van der Waals surface area contributed by atoms with Crippen molar-refractivity contribution in [2.45, 2.75) is 26.7 Å². The Balaban J connectivity index is 2.75. The first-order valence-electron chi connectivity index (χ1n) is 5.83. The summed E-state index contributed by atoms with van der Waals surface area (Å²) in [5.74, 6) is 1.75. The summed E-state index contributed by atoms with van der Waals surface area (Å²) < 4.78 is 11.2. The Morgan fingerprint density at radius 3 is 2.44 bits per heavy atom. The van der Waals surface area contributed by atoms with Crippen molar-refractivity contribution in [2.75, 3.05) is 13.2 Å². The fourth-order valence-electron chi connectivity index (χ4n) is 1.34. The number of hydrogen-bond donors (Lipinski definition) is 0. The first-order valence-corrected chi connectivity index (χ1v) is 5.83. The van der Waals surface area contributed by atoms with Gasteiger partial charge in [-0.15, -0.1) is 0 Å². The molecule has 0 atom stereocenters. The second kappa shape index (κ2) is 6.94. The van der Waals surface area contributed by atoms with Crippen molar-refractivity contribution in [2.24, 2.45) is 0 Å². The van der Waals surface area contributed by atoms with E-state index in [1.165, 1.54) is 0 Å². The van der Waals surface area contributed by atoms with Crippen LogP contribution in [0, 0.1) is 0 Å². The molecular formula is C14H20O2. The third-order valence-corrected chi connectivity index (χ3v) is 2.14. The second-order valence-corrected chi connectivity index (χ2v) is 3.60. The van der Waals surface area contributed by atoms with E-state index in [4.69, 9.17) is 9.47 Å². The van der Waals surface area contributed by atoms with E-state index in [1.807, 2.05) is 18.2 Å². The van der Waals surface area contributed by atoms with Crippen molar-refractivity contribution < 1.29 is 9.47 Å². The number of hydrogen-bond acceptors (Lipinski definition) is 2. The Kier molecular flexibility index (Phi) is 5.48. The van der Waals surface area contributed by atoms with Gasteiger partial charge in [-0.05, 0) is 31.0 Å². The van der Waals surface area contributed by atoms with Gasteiger partial charge in [0.25, 0.3) is 0 Å². The van der Waals surface area contributed by atoms with Gasteiger partial charge in [0.15, 0.2) is 0 Å². The van der Waals surface area contributed by atoms with E-state index in [1.54, 1.807) is 6.08 Å². The molecule has 88 valence electrons. The molecule has 1 aromatic rings. The van der Waals surface area contributed by atoms with E-state index in [2.05, 4.69) is 20.4 Å². The fraction of sp³-hybridized carbons (Fsp3) is 0.429. The van der Waals surface area contributed by atoms with E-state index in [-0.39, 0.29) is 0 Å². The van der Waals surface area contributed by atoms with Crippen LogP contribution >= 0.6 is 0 Å². The summed E-state index contributed by atoms with van der Waals surface area (Å²) >= 11 is 0. The average Bonchev–Trinajstić information content (AvgIpc) is 2.34. The van der Waals surface area contributed by atoms with Crippen LogP contribution in [0.15, 0.2) is 24.8 Å². The zero-order chi connectivity index (χ0) is 11.8. The normalized spacial score (nSPS) is 9.88. The topological polar surface area (TPSA) is 18.5 Å². The third-order valence-electron chi connectivity index (χ3n) is 2.14. The summed E-state index contributed by atoms with van der Waals surface area (Å²) in [4.78, 5) is 0. The van der Waals surface area contributed by atoms with Crippen molar-refractivity contribution >= 4 is 6.08 Å². The summed E-state index contributed by atoms with van der Waals surface area (Å²) in [6.07, 6.45) is 3.81. The first kappa shape index (κ1) is 12.6. The molecule has 16 heavy (non-hydrogen) atoms. The molecule has 0 aliphatic carbocycles. The molecule has 0 N–H and O–H groups in total. The van der Waals surface area contributed by atoms with Gasteiger partial charge in [-0.3, -0.25) is 0 Å². The maximum atomic E-state index is 5.61. The molecule has 0 aromatic heterocycles. The molecule has 0 amide bonds. The van der Waals surface area contributed by atoms with Gasteiger partial charge in [0.2, 0.25) is 0 Å². The molecule has 0 saturated carbocycles. The van der Waals surface area contributed by atoms with E-state index in [9.17, 15) is 0 Å². The minimum Gasteiger partial charge on any atom is -0.494 e. The Morgan fingerprint density at radius 2 is 1.81 bits per heavy atom. The summed E-state index contributed by atoms with van der Waals surface area (Å²) in [5.41, 5.74) is 0.988. The minimum absolute atomic E-state index is 0.732. The molecule has 0 saturated heterocycles. The molecule has 0 aliphatic rings. The van der Waals surface area contributed by atoms with Crippen molar-refractivity contribution in [3.63, 3.8) is 0 Å². The Bertz CT molecular complexity index is 332. The number of benzene rings is 1. The SMILES string of the molecule is C=Cc1cc(OCCC)ccc1OCCC. The highest BCUT2D eigenvalue weighted by atomic mass is 16.5. The van der Waals surface area contributed by atoms with Gasteiger partial charge in [-0.25, -0.2) is 0 Å². The molecule has 1 rings (SSSR count). The van der Waals surface area contributed by atoms with Gasteiger partial charge in [-0.2, -0.15) is 0 Å². The Morgan fingerprint density at radius 1 is 1.12 bits per heavy atom. The zero-order valence-corrected chi connectivity index (χ0v) is 10.2. The summed E-state index contributed by atoms with van der Waals surface area (Å²) in [5, 5.41) is 0. The predicted molar refractivity (Wildman–Crippen MR) is 68.1 cm³/mol. The van der Waals surface area contributed by atoms with Crippen LogP contribution in [0.5, 0.6) is 11.5 Å². The lowest BCUT2D eigenvalue weighted by molar-refractivity contribution is 0.308. The van der Waals surface area contributed by atoms with Crippen LogP contribution in [0.3, 0.4) is 0 Å². The quantitative estimate of drug-likeness (QED) is 0.693. The molecule has 0 unspecified atom stereocenters. The van der Waals surface area contributed by atoms with Crippen molar-refractivity contribution in [1.29, 1.82) is 0 Å². The van der Waals surface area contributed by atoms with Crippen molar-refractivity contribution in [3.8, 4) is 11.5 Å². The van der Waals surface area contributed by atoms with Gasteiger partial charge >= 0.3 is 0 Å². The molecule has 2 heteroatoms. The summed E-state index contributed by atoms with van der Waals surface area (Å²) in [6, 6.07) is 5.85. The van der Waals surface area contributed by atoms with Crippen LogP contribution in [0.2, 0.25) is 0 Å². The lowest BCUT2D eigenvalue weighted by atomic mass is 10.2. The fourth-order valence-corrected chi connectivity index (χ4v) is 1.34. The van der Waals surface area contributed by atoms with Gasteiger partial charge in [-0.1, -0.05) is 26.5 Å². The average molecular weight is 220 g/mol. The van der Waals surface area contributed by atoms with E-state index < -0.39 is 0 Å². The van der Waals surface area contributed by atoms with Gasteiger partial charge in [0, 0.05) is 5.56 Å². The highest BCUT2D eigenvalue weighted by molar-refractivity contribution is 5.58. The molecule has 0 radical (unpaired) electrons. The largest absolute Gasteiger partial charge is 0.494 e. The minimum atomic E-state index is 0.732. The molecule has 0 fully saturated rings. The van der Waals surface area contributed by atoms with Crippen LogP contribution in [0.1, 0.15) is 32.3 Å². The monoisotopic (exact) mass is 220 g/mol. The Labute approximate surface area is 97.9 Å². The molecule has 1 aromatic carbocycles. The summed E-state index contributed by atoms with van der Waals surface area (Å²) in [7, 11) is 0. The van der Waals surface area contributed by atoms with Crippen LogP contribution in [-0.4, -0.2) is 13.2 Å². The predicted octanol–water partition coefficient (Wildman–Crippen LogP) is 3.91. The Hall–Kier alpha value is -1.44. The van der Waals surface area contributed by atoms with E-state index in [0.29, 0.717) is 0 Å². The van der Waals surface area contributed by atoms with E-state index >= 15 is 0 Å². The maximum Gasteiger partial charge on any atom is 0.126 e. The van der Waals surface area contributed by atoms with Crippen LogP contribution in [-0.2, 0) is 0 Å². The number of rotatable bonds is 7. The molecule has 2 nitrogen and oxygen atoms in total.